The molecule has 2 aromatic rings. The van der Waals surface area contributed by atoms with Crippen LogP contribution in [0.1, 0.15) is 36.3 Å². The molecule has 6 heteroatoms. The first-order chi connectivity index (χ1) is 10.6. The molecule has 4 nitrogen and oxygen atoms in total. The molecule has 0 bridgehead atoms. The van der Waals surface area contributed by atoms with Crippen LogP contribution < -0.4 is 0 Å². The number of hydrogen-bond acceptors (Lipinski definition) is 3. The summed E-state index contributed by atoms with van der Waals surface area (Å²) in [6.45, 7) is 2.45. The molecule has 2 unspecified atom stereocenters. The molecule has 1 fully saturated rings. The van der Waals surface area contributed by atoms with E-state index in [1.165, 1.54) is 0 Å². The number of nitrogens with one attached hydrogen (secondary N) is 1. The number of benzene rings is 1. The third-order valence-corrected chi connectivity index (χ3v) is 4.73. The van der Waals surface area contributed by atoms with E-state index in [-0.39, 0.29) is 0 Å². The third kappa shape index (κ3) is 3.63. The van der Waals surface area contributed by atoms with Crippen molar-refractivity contribution in [2.24, 2.45) is 0 Å². The van der Waals surface area contributed by atoms with Gasteiger partial charge in [0.25, 0.3) is 0 Å². The second kappa shape index (κ2) is 7.01. The van der Waals surface area contributed by atoms with Gasteiger partial charge in [0.05, 0.1) is 6.10 Å². The zero-order chi connectivity index (χ0) is 15.5. The second-order valence-corrected chi connectivity index (χ2v) is 6.60. The van der Waals surface area contributed by atoms with E-state index in [2.05, 4.69) is 14.9 Å². The molecule has 0 amide bonds. The normalized spacial score (nSPS) is 21.0. The molecule has 22 heavy (non-hydrogen) atoms. The molecular weight excluding hydrogens is 321 g/mol. The molecule has 2 heterocycles. The molecule has 118 valence electrons. The molecule has 2 N–H and O–H groups in total. The fourth-order valence-corrected chi connectivity index (χ4v) is 3.59. The number of aromatic amines is 1. The van der Waals surface area contributed by atoms with Gasteiger partial charge in [0.15, 0.2) is 0 Å². The molecule has 1 saturated heterocycles. The Labute approximate surface area is 140 Å². The van der Waals surface area contributed by atoms with E-state index in [0.29, 0.717) is 22.5 Å². The molecule has 1 aromatic heterocycles. The van der Waals surface area contributed by atoms with E-state index in [4.69, 9.17) is 23.2 Å². The highest BCUT2D eigenvalue weighted by atomic mass is 35.5. The number of H-pyrrole nitrogens is 1. The predicted molar refractivity (Wildman–Crippen MR) is 88.4 cm³/mol. The molecule has 2 atom stereocenters. The van der Waals surface area contributed by atoms with Gasteiger partial charge in [-0.25, -0.2) is 4.98 Å². The number of piperidine rings is 1. The minimum Gasteiger partial charge on any atom is -0.387 e. The van der Waals surface area contributed by atoms with Crippen molar-refractivity contribution in [3.63, 3.8) is 0 Å². The van der Waals surface area contributed by atoms with E-state index in [1.807, 2.05) is 6.20 Å². The van der Waals surface area contributed by atoms with Crippen molar-refractivity contribution >= 4 is 23.2 Å². The van der Waals surface area contributed by atoms with Crippen molar-refractivity contribution < 1.29 is 5.11 Å². The quantitative estimate of drug-likeness (QED) is 0.894. The summed E-state index contributed by atoms with van der Waals surface area (Å²) in [7, 11) is 0. The van der Waals surface area contributed by atoms with Crippen molar-refractivity contribution in [2.45, 2.75) is 24.9 Å². The maximum Gasteiger partial charge on any atom is 0.110 e. The zero-order valence-corrected chi connectivity index (χ0v) is 13.7. The summed E-state index contributed by atoms with van der Waals surface area (Å²) in [4.78, 5) is 9.82. The van der Waals surface area contributed by atoms with Crippen LogP contribution in [0, 0.1) is 0 Å². The highest BCUT2D eigenvalue weighted by molar-refractivity contribution is 6.35. The Kier molecular flexibility index (Phi) is 5.03. The van der Waals surface area contributed by atoms with Crippen LogP contribution in [-0.4, -0.2) is 39.6 Å². The Hall–Kier alpha value is -1.07. The zero-order valence-electron chi connectivity index (χ0n) is 12.2. The largest absolute Gasteiger partial charge is 0.387 e. The standard InChI is InChI=1S/C16H19Cl2N3O/c17-12-3-4-13(14(18)8-12)15(22)10-21-7-1-2-11(9-21)16-19-5-6-20-16/h3-6,8,11,15,22H,1-2,7,9-10H2,(H,19,20). The maximum absolute atomic E-state index is 10.5. The second-order valence-electron chi connectivity index (χ2n) is 5.75. The van der Waals surface area contributed by atoms with E-state index in [0.717, 1.165) is 37.3 Å². The number of aliphatic hydroxyl groups is 1. The fraction of sp³-hybridized carbons (Fsp3) is 0.438. The van der Waals surface area contributed by atoms with Crippen molar-refractivity contribution in [1.29, 1.82) is 0 Å². The average Bonchev–Trinajstić information content (AvgIpc) is 3.01. The summed E-state index contributed by atoms with van der Waals surface area (Å²) >= 11 is 12.1. The minimum absolute atomic E-state index is 0.400. The first-order valence-electron chi connectivity index (χ1n) is 7.48. The third-order valence-electron chi connectivity index (χ3n) is 4.16. The number of aromatic nitrogens is 2. The lowest BCUT2D eigenvalue weighted by Gasteiger charge is -2.33. The van der Waals surface area contributed by atoms with E-state index in [9.17, 15) is 5.11 Å². The van der Waals surface area contributed by atoms with E-state index in [1.54, 1.807) is 24.4 Å². The Bertz CT molecular complexity index is 618. The molecule has 1 aliphatic rings. The summed E-state index contributed by atoms with van der Waals surface area (Å²) in [6, 6.07) is 5.22. The first kappa shape index (κ1) is 15.8. The summed E-state index contributed by atoms with van der Waals surface area (Å²) in [5.74, 6) is 1.43. The molecule has 3 rings (SSSR count). The number of likely N-dealkylation sites (tertiary alicyclic amines) is 1. The van der Waals surface area contributed by atoms with Crippen molar-refractivity contribution in [3.8, 4) is 0 Å². The molecule has 0 aliphatic carbocycles. The lowest BCUT2D eigenvalue weighted by molar-refractivity contribution is 0.0947. The Morgan fingerprint density at radius 1 is 1.41 bits per heavy atom. The Morgan fingerprint density at radius 3 is 3.00 bits per heavy atom. The summed E-state index contributed by atoms with van der Waals surface area (Å²) in [6.07, 6.45) is 5.27. The van der Waals surface area contributed by atoms with Gasteiger partial charge in [-0.2, -0.15) is 0 Å². The smallest absolute Gasteiger partial charge is 0.110 e. The predicted octanol–water partition coefficient (Wildman–Crippen LogP) is 3.63. The maximum atomic E-state index is 10.5. The average molecular weight is 340 g/mol. The van der Waals surface area contributed by atoms with Crippen LogP contribution in [-0.2, 0) is 0 Å². The monoisotopic (exact) mass is 339 g/mol. The topological polar surface area (TPSA) is 52.1 Å². The fourth-order valence-electron chi connectivity index (χ4n) is 3.06. The Morgan fingerprint density at radius 2 is 2.27 bits per heavy atom. The number of rotatable bonds is 4. The van der Waals surface area contributed by atoms with Gasteiger partial charge >= 0.3 is 0 Å². The number of aliphatic hydroxyl groups excluding tert-OH is 1. The molecular formula is C16H19Cl2N3O. The van der Waals surface area contributed by atoms with Gasteiger partial charge < -0.3 is 10.1 Å². The van der Waals surface area contributed by atoms with Gasteiger partial charge in [0.2, 0.25) is 0 Å². The van der Waals surface area contributed by atoms with Crippen LogP contribution in [0.3, 0.4) is 0 Å². The van der Waals surface area contributed by atoms with E-state index < -0.39 is 6.10 Å². The highest BCUT2D eigenvalue weighted by Gasteiger charge is 2.25. The first-order valence-corrected chi connectivity index (χ1v) is 8.23. The molecule has 1 aromatic carbocycles. The summed E-state index contributed by atoms with van der Waals surface area (Å²) in [5.41, 5.74) is 0.728. The molecule has 0 saturated carbocycles. The van der Waals surface area contributed by atoms with Gasteiger partial charge in [-0.1, -0.05) is 29.3 Å². The van der Waals surface area contributed by atoms with Crippen LogP contribution in [0.15, 0.2) is 30.6 Å². The van der Waals surface area contributed by atoms with Crippen molar-refractivity contribution in [2.75, 3.05) is 19.6 Å². The summed E-state index contributed by atoms with van der Waals surface area (Å²) < 4.78 is 0. The van der Waals surface area contributed by atoms with Crippen LogP contribution in [0.25, 0.3) is 0 Å². The summed E-state index contributed by atoms with van der Waals surface area (Å²) in [5, 5.41) is 11.6. The van der Waals surface area contributed by atoms with Gasteiger partial charge in [-0.15, -0.1) is 0 Å². The van der Waals surface area contributed by atoms with Gasteiger partial charge in [0, 0.05) is 47.0 Å². The number of halogens is 2. The number of hydrogen-bond donors (Lipinski definition) is 2. The Balaban J connectivity index is 1.64. The number of β-amino-alcohol motifs (C(OH)–C–C–N with tert-alkyl or cyclic N) is 1. The van der Waals surface area contributed by atoms with Gasteiger partial charge in [0.1, 0.15) is 5.82 Å². The SMILES string of the molecule is OC(CN1CCCC(c2ncc[nH]2)C1)c1ccc(Cl)cc1Cl. The number of imidazole rings is 1. The van der Waals surface area contributed by atoms with Crippen molar-refractivity contribution in [3.05, 3.63) is 52.0 Å². The molecule has 1 aliphatic heterocycles. The molecule has 0 spiro atoms. The lowest BCUT2D eigenvalue weighted by atomic mass is 9.96. The highest BCUT2D eigenvalue weighted by Crippen LogP contribution is 2.29. The van der Waals surface area contributed by atoms with E-state index >= 15 is 0 Å². The van der Waals surface area contributed by atoms with Crippen LogP contribution in [0.5, 0.6) is 0 Å². The van der Waals surface area contributed by atoms with Crippen molar-refractivity contribution in [1.82, 2.24) is 14.9 Å². The van der Waals surface area contributed by atoms with Gasteiger partial charge in [-0.05, 0) is 31.5 Å². The van der Waals surface area contributed by atoms with Crippen LogP contribution >= 0.6 is 23.2 Å². The minimum atomic E-state index is -0.611. The lowest BCUT2D eigenvalue weighted by Crippen LogP contribution is -2.37. The van der Waals surface area contributed by atoms with Crippen LogP contribution in [0.2, 0.25) is 10.0 Å². The number of nitrogens with zero attached hydrogens (tertiary/aromatic N) is 2. The van der Waals surface area contributed by atoms with Gasteiger partial charge in [-0.3, -0.25) is 4.90 Å². The van der Waals surface area contributed by atoms with Crippen LogP contribution in [0.4, 0.5) is 0 Å². The molecule has 0 radical (unpaired) electrons.